The van der Waals surface area contributed by atoms with E-state index in [9.17, 15) is 5.11 Å². The lowest BCUT2D eigenvalue weighted by Crippen LogP contribution is -2.45. The zero-order chi connectivity index (χ0) is 14.6. The lowest BCUT2D eigenvalue weighted by Gasteiger charge is -2.37. The Morgan fingerprint density at radius 1 is 1.50 bits per heavy atom. The minimum atomic E-state index is -0.517. The highest BCUT2D eigenvalue weighted by Crippen LogP contribution is 2.32. The van der Waals surface area contributed by atoms with Crippen molar-refractivity contribution in [1.29, 1.82) is 0 Å². The molecule has 1 aliphatic rings. The molecule has 0 saturated heterocycles. The van der Waals surface area contributed by atoms with Crippen molar-refractivity contribution in [2.24, 2.45) is 5.92 Å². The molecule has 1 aliphatic carbocycles. The molecule has 0 amide bonds. The Bertz CT molecular complexity index is 437. The molecule has 0 radical (unpaired) electrons. The summed E-state index contributed by atoms with van der Waals surface area (Å²) in [6, 6.07) is 8.75. The van der Waals surface area contributed by atoms with Crippen LogP contribution in [0.4, 0.5) is 0 Å². The van der Waals surface area contributed by atoms with Gasteiger partial charge in [0.2, 0.25) is 0 Å². The summed E-state index contributed by atoms with van der Waals surface area (Å²) in [5, 5.41) is 14.3. The first-order valence-electron chi connectivity index (χ1n) is 7.73. The van der Waals surface area contributed by atoms with Crippen LogP contribution in [0.5, 0.6) is 0 Å². The summed E-state index contributed by atoms with van der Waals surface area (Å²) in [7, 11) is 0. The van der Waals surface area contributed by atoms with Gasteiger partial charge in [-0.05, 0) is 42.9 Å². The van der Waals surface area contributed by atoms with Crippen LogP contribution in [-0.4, -0.2) is 17.3 Å². The molecule has 20 heavy (non-hydrogen) atoms. The van der Waals surface area contributed by atoms with Crippen LogP contribution in [0.25, 0.3) is 0 Å². The minimum Gasteiger partial charge on any atom is -0.389 e. The van der Waals surface area contributed by atoms with E-state index in [0.717, 1.165) is 30.2 Å². The second-order valence-corrected chi connectivity index (χ2v) is 7.24. The van der Waals surface area contributed by atoms with Gasteiger partial charge in [0.25, 0.3) is 0 Å². The maximum Gasteiger partial charge on any atom is 0.0774 e. The maximum absolute atomic E-state index is 10.7. The van der Waals surface area contributed by atoms with Gasteiger partial charge in [-0.15, -0.1) is 0 Å². The van der Waals surface area contributed by atoms with E-state index in [4.69, 9.17) is 0 Å². The molecule has 3 unspecified atom stereocenters. The molecule has 112 valence electrons. The molecule has 2 rings (SSSR count). The maximum atomic E-state index is 10.7. The summed E-state index contributed by atoms with van der Waals surface area (Å²) < 4.78 is 1.11. The smallest absolute Gasteiger partial charge is 0.0774 e. The van der Waals surface area contributed by atoms with Crippen LogP contribution in [0.15, 0.2) is 28.7 Å². The fourth-order valence-corrected chi connectivity index (χ4v) is 3.74. The molecule has 2 nitrogen and oxygen atoms in total. The van der Waals surface area contributed by atoms with Gasteiger partial charge in [0.15, 0.2) is 0 Å². The fourth-order valence-electron chi connectivity index (χ4n) is 3.33. The highest BCUT2D eigenvalue weighted by atomic mass is 79.9. The van der Waals surface area contributed by atoms with Crippen molar-refractivity contribution in [3.05, 3.63) is 34.3 Å². The van der Waals surface area contributed by atoms with E-state index in [2.05, 4.69) is 53.3 Å². The number of halogens is 1. The van der Waals surface area contributed by atoms with Gasteiger partial charge in [0.1, 0.15) is 0 Å². The number of hydrogen-bond donors (Lipinski definition) is 2. The third kappa shape index (κ3) is 4.31. The van der Waals surface area contributed by atoms with Crippen molar-refractivity contribution in [3.8, 4) is 0 Å². The Hall–Kier alpha value is -0.380. The van der Waals surface area contributed by atoms with Gasteiger partial charge in [0, 0.05) is 17.1 Å². The molecule has 2 N–H and O–H groups in total. The molecule has 3 heteroatoms. The molecular formula is C17H26BrNO. The van der Waals surface area contributed by atoms with Crippen LogP contribution < -0.4 is 5.32 Å². The molecule has 0 heterocycles. The number of hydrogen-bond acceptors (Lipinski definition) is 2. The van der Waals surface area contributed by atoms with Gasteiger partial charge >= 0.3 is 0 Å². The first-order chi connectivity index (χ1) is 9.52. The lowest BCUT2D eigenvalue weighted by molar-refractivity contribution is -0.0138. The third-order valence-corrected chi connectivity index (χ3v) is 4.90. The Morgan fingerprint density at radius 3 is 2.95 bits per heavy atom. The van der Waals surface area contributed by atoms with Crippen molar-refractivity contribution in [1.82, 2.24) is 5.32 Å². The molecule has 1 aromatic carbocycles. The Kier molecular flexibility index (Phi) is 5.65. The van der Waals surface area contributed by atoms with Gasteiger partial charge in [-0.3, -0.25) is 0 Å². The van der Waals surface area contributed by atoms with Gasteiger partial charge in [-0.25, -0.2) is 0 Å². The molecule has 1 saturated carbocycles. The van der Waals surface area contributed by atoms with Crippen molar-refractivity contribution >= 4 is 15.9 Å². The number of aliphatic hydroxyl groups is 1. The van der Waals surface area contributed by atoms with E-state index in [1.54, 1.807) is 0 Å². The summed E-state index contributed by atoms with van der Waals surface area (Å²) >= 11 is 3.53. The monoisotopic (exact) mass is 339 g/mol. The van der Waals surface area contributed by atoms with Crippen LogP contribution in [0.1, 0.15) is 57.6 Å². The average molecular weight is 340 g/mol. The van der Waals surface area contributed by atoms with E-state index in [1.165, 1.54) is 12.0 Å². The largest absolute Gasteiger partial charge is 0.389 e. The normalized spacial score (nSPS) is 28.3. The van der Waals surface area contributed by atoms with Gasteiger partial charge in [-0.1, -0.05) is 54.8 Å². The zero-order valence-electron chi connectivity index (χ0n) is 12.5. The zero-order valence-corrected chi connectivity index (χ0v) is 14.1. The molecule has 1 fully saturated rings. The molecule has 0 aliphatic heterocycles. The van der Waals surface area contributed by atoms with E-state index in [1.807, 2.05) is 6.07 Å². The van der Waals surface area contributed by atoms with E-state index < -0.39 is 5.60 Å². The number of nitrogens with one attached hydrogen (secondary N) is 1. The van der Waals surface area contributed by atoms with Gasteiger partial charge in [0.05, 0.1) is 5.60 Å². The topological polar surface area (TPSA) is 32.3 Å². The Morgan fingerprint density at radius 2 is 2.30 bits per heavy atom. The lowest BCUT2D eigenvalue weighted by atomic mass is 9.79. The summed E-state index contributed by atoms with van der Waals surface area (Å²) in [4.78, 5) is 0. The van der Waals surface area contributed by atoms with Crippen LogP contribution in [0.3, 0.4) is 0 Å². The first-order valence-corrected chi connectivity index (χ1v) is 8.53. The van der Waals surface area contributed by atoms with Gasteiger partial charge < -0.3 is 10.4 Å². The summed E-state index contributed by atoms with van der Waals surface area (Å²) in [5.74, 6) is 0.640. The van der Waals surface area contributed by atoms with Gasteiger partial charge in [-0.2, -0.15) is 0 Å². The molecule has 3 atom stereocenters. The average Bonchev–Trinajstić information content (AvgIpc) is 2.39. The molecular weight excluding hydrogens is 314 g/mol. The third-order valence-electron chi connectivity index (χ3n) is 4.40. The summed E-state index contributed by atoms with van der Waals surface area (Å²) in [5.41, 5.74) is 0.770. The van der Waals surface area contributed by atoms with Crippen LogP contribution >= 0.6 is 15.9 Å². The second-order valence-electron chi connectivity index (χ2n) is 6.32. The van der Waals surface area contributed by atoms with Crippen LogP contribution in [0.2, 0.25) is 0 Å². The van der Waals surface area contributed by atoms with E-state index in [0.29, 0.717) is 18.5 Å². The Balaban J connectivity index is 1.97. The number of rotatable bonds is 5. The molecule has 1 aromatic rings. The van der Waals surface area contributed by atoms with Crippen LogP contribution in [-0.2, 0) is 0 Å². The Labute approximate surface area is 131 Å². The molecule has 0 spiro atoms. The molecule has 0 aromatic heterocycles. The summed E-state index contributed by atoms with van der Waals surface area (Å²) in [6.07, 6.45) is 5.29. The van der Waals surface area contributed by atoms with E-state index >= 15 is 0 Å². The predicted molar refractivity (Wildman–Crippen MR) is 87.8 cm³/mol. The van der Waals surface area contributed by atoms with Crippen molar-refractivity contribution < 1.29 is 5.11 Å². The van der Waals surface area contributed by atoms with E-state index in [-0.39, 0.29) is 0 Å². The SMILES string of the molecule is CCC(NCC1(O)CCCC(C)C1)c1cccc(Br)c1. The highest BCUT2D eigenvalue weighted by Gasteiger charge is 2.32. The molecule has 0 bridgehead atoms. The number of benzene rings is 1. The standard InChI is InChI=1S/C17H26BrNO/c1-3-16(14-7-4-8-15(18)10-14)19-12-17(20)9-5-6-13(2)11-17/h4,7-8,10,13,16,19-20H,3,5-6,9,11-12H2,1-2H3. The summed E-state index contributed by atoms with van der Waals surface area (Å²) in [6.45, 7) is 5.13. The first kappa shape index (κ1) is 16.0. The quantitative estimate of drug-likeness (QED) is 0.831. The fraction of sp³-hybridized carbons (Fsp3) is 0.647. The second kappa shape index (κ2) is 7.06. The minimum absolute atomic E-state index is 0.314. The van der Waals surface area contributed by atoms with Crippen molar-refractivity contribution in [3.63, 3.8) is 0 Å². The highest BCUT2D eigenvalue weighted by molar-refractivity contribution is 9.10. The van der Waals surface area contributed by atoms with Crippen LogP contribution in [0, 0.1) is 5.92 Å². The van der Waals surface area contributed by atoms with Crippen molar-refractivity contribution in [2.75, 3.05) is 6.54 Å². The predicted octanol–water partition coefficient (Wildman–Crippen LogP) is 4.43. The van der Waals surface area contributed by atoms with Crippen molar-refractivity contribution in [2.45, 2.75) is 57.6 Å².